The molecule has 4 nitrogen and oxygen atoms in total. The van der Waals surface area contributed by atoms with Crippen molar-refractivity contribution in [3.63, 3.8) is 0 Å². The molecule has 0 aliphatic heterocycles. The van der Waals surface area contributed by atoms with Crippen molar-refractivity contribution in [2.24, 2.45) is 0 Å². The summed E-state index contributed by atoms with van der Waals surface area (Å²) in [5.41, 5.74) is 1.22. The number of benzene rings is 1. The van der Waals surface area contributed by atoms with Gasteiger partial charge < -0.3 is 4.52 Å². The summed E-state index contributed by atoms with van der Waals surface area (Å²) in [5, 5.41) is 0.543. The van der Waals surface area contributed by atoms with Crippen molar-refractivity contribution < 1.29 is 18.4 Å². The Morgan fingerprint density at radius 2 is 2.22 bits per heavy atom. The van der Waals surface area contributed by atoms with Gasteiger partial charge >= 0.3 is 6.80 Å². The van der Waals surface area contributed by atoms with Gasteiger partial charge in [-0.3, -0.25) is 9.32 Å². The molecule has 2 rings (SSSR count). The van der Waals surface area contributed by atoms with E-state index >= 15 is 0 Å². The first-order valence-corrected chi connectivity index (χ1v) is 11.1. The van der Waals surface area contributed by atoms with Crippen LogP contribution in [0.3, 0.4) is 0 Å². The van der Waals surface area contributed by atoms with Gasteiger partial charge in [-0.2, -0.15) is 0 Å². The number of carbonyl (C=O) groups excluding carboxylic acids is 1. The predicted octanol–water partition coefficient (Wildman–Crippen LogP) is 5.69. The van der Waals surface area contributed by atoms with Crippen LogP contribution in [0.2, 0.25) is 5.02 Å². The molecule has 0 radical (unpaired) electrons. The molecule has 7 heteroatoms. The van der Waals surface area contributed by atoms with Gasteiger partial charge in [-0.1, -0.05) is 24.6 Å². The van der Waals surface area contributed by atoms with E-state index < -0.39 is 6.80 Å². The lowest BCUT2D eigenvalue weighted by Gasteiger charge is -2.19. The summed E-state index contributed by atoms with van der Waals surface area (Å²) < 4.78 is 24.1. The Bertz CT molecular complexity index is 647. The molecule has 0 fully saturated rings. The first-order chi connectivity index (χ1) is 11.0. The van der Waals surface area contributed by atoms with Crippen molar-refractivity contribution in [3.05, 3.63) is 40.9 Å². The molecule has 0 saturated heterocycles. The fourth-order valence-corrected chi connectivity index (χ4v) is 5.88. The van der Waals surface area contributed by atoms with Crippen molar-refractivity contribution >= 4 is 35.6 Å². The van der Waals surface area contributed by atoms with Crippen LogP contribution in [0.4, 0.5) is 0 Å². The average molecular weight is 375 g/mol. The van der Waals surface area contributed by atoms with E-state index in [-0.39, 0.29) is 12.4 Å². The van der Waals surface area contributed by atoms with E-state index in [1.807, 2.05) is 6.92 Å². The van der Waals surface area contributed by atoms with Crippen molar-refractivity contribution in [3.8, 4) is 5.75 Å². The minimum absolute atomic E-state index is 0.0318. The fourth-order valence-electron chi connectivity index (χ4n) is 2.25. The van der Waals surface area contributed by atoms with Gasteiger partial charge in [-0.05, 0) is 48.3 Å². The Morgan fingerprint density at radius 3 is 2.91 bits per heavy atom. The number of halogens is 1. The molecule has 126 valence electrons. The van der Waals surface area contributed by atoms with E-state index in [4.69, 9.17) is 20.6 Å². The SMILES string of the molecule is C=CCCOP(=O)(Oc1ccc(Cl)c2c1C(=O)CC2)SCCC. The third kappa shape index (κ3) is 4.63. The van der Waals surface area contributed by atoms with E-state index in [1.54, 1.807) is 18.2 Å². The molecule has 0 aromatic heterocycles. The van der Waals surface area contributed by atoms with Gasteiger partial charge in [0.25, 0.3) is 0 Å². The predicted molar refractivity (Wildman–Crippen MR) is 95.9 cm³/mol. The lowest BCUT2D eigenvalue weighted by Crippen LogP contribution is -2.02. The second-order valence-corrected chi connectivity index (χ2v) is 9.63. The Labute approximate surface area is 145 Å². The summed E-state index contributed by atoms with van der Waals surface area (Å²) in [4.78, 5) is 12.1. The van der Waals surface area contributed by atoms with Crippen LogP contribution < -0.4 is 4.52 Å². The normalized spacial score (nSPS) is 16.0. The molecule has 1 aliphatic carbocycles. The van der Waals surface area contributed by atoms with E-state index in [0.717, 1.165) is 23.4 Å². The third-order valence-electron chi connectivity index (χ3n) is 3.33. The largest absolute Gasteiger partial charge is 0.440 e. The van der Waals surface area contributed by atoms with Crippen molar-refractivity contribution in [2.45, 2.75) is 32.6 Å². The van der Waals surface area contributed by atoms with Crippen LogP contribution in [0.15, 0.2) is 24.8 Å². The Kier molecular flexibility index (Phi) is 6.78. The molecule has 1 aromatic rings. The molecule has 1 aliphatic rings. The highest BCUT2D eigenvalue weighted by Gasteiger charge is 2.32. The number of hydrogen-bond donors (Lipinski definition) is 0. The molecular formula is C16H20ClO4PS. The third-order valence-corrected chi connectivity index (χ3v) is 7.55. The number of Topliss-reactive ketones (excluding diaryl/α,β-unsaturated/α-hetero) is 1. The summed E-state index contributed by atoms with van der Waals surface area (Å²) in [7, 11) is 0. The first kappa shape index (κ1) is 18.6. The molecule has 0 N–H and O–H groups in total. The minimum atomic E-state index is -3.39. The van der Waals surface area contributed by atoms with Crippen LogP contribution in [0.1, 0.15) is 42.1 Å². The van der Waals surface area contributed by atoms with Crippen molar-refractivity contribution in [2.75, 3.05) is 12.4 Å². The van der Waals surface area contributed by atoms with Crippen LogP contribution in [-0.4, -0.2) is 18.1 Å². The Morgan fingerprint density at radius 1 is 1.43 bits per heavy atom. The lowest BCUT2D eigenvalue weighted by molar-refractivity contribution is 0.0993. The van der Waals surface area contributed by atoms with E-state index in [9.17, 15) is 9.36 Å². The molecule has 0 saturated carbocycles. The topological polar surface area (TPSA) is 52.6 Å². The van der Waals surface area contributed by atoms with Crippen LogP contribution in [-0.2, 0) is 15.5 Å². The van der Waals surface area contributed by atoms with Gasteiger partial charge in [0.05, 0.1) is 12.2 Å². The maximum atomic E-state index is 12.9. The molecule has 23 heavy (non-hydrogen) atoms. The summed E-state index contributed by atoms with van der Waals surface area (Å²) in [5.74, 6) is 0.919. The van der Waals surface area contributed by atoms with Gasteiger partial charge in [-0.25, -0.2) is 4.57 Å². The monoisotopic (exact) mass is 374 g/mol. The molecule has 1 atom stereocenters. The number of carbonyl (C=O) groups is 1. The number of fused-ring (bicyclic) bond motifs is 1. The maximum Gasteiger partial charge on any atom is 0.440 e. The molecule has 1 unspecified atom stereocenters. The van der Waals surface area contributed by atoms with Gasteiger partial charge in [0, 0.05) is 17.2 Å². The van der Waals surface area contributed by atoms with Gasteiger partial charge in [0.1, 0.15) is 5.75 Å². The maximum absolute atomic E-state index is 12.9. The average Bonchev–Trinajstić information content (AvgIpc) is 2.92. The number of rotatable bonds is 9. The lowest BCUT2D eigenvalue weighted by atomic mass is 10.1. The van der Waals surface area contributed by atoms with Crippen LogP contribution in [0.5, 0.6) is 5.75 Å². The van der Waals surface area contributed by atoms with E-state index in [2.05, 4.69) is 6.58 Å². The number of hydrogen-bond acceptors (Lipinski definition) is 5. The Balaban J connectivity index is 2.26. The van der Waals surface area contributed by atoms with Gasteiger partial charge in [0.2, 0.25) is 0 Å². The quantitative estimate of drug-likeness (QED) is 0.315. The molecule has 0 bridgehead atoms. The molecule has 0 heterocycles. The van der Waals surface area contributed by atoms with Crippen LogP contribution >= 0.6 is 29.8 Å². The standard InChI is InChI=1S/C16H20ClO4PS/c1-3-5-10-20-22(19,23-11-4-2)21-15-9-7-13(17)12-6-8-14(18)16(12)15/h3,7,9H,1,4-6,8,10-11H2,2H3. The highest BCUT2D eigenvalue weighted by atomic mass is 35.5. The highest BCUT2D eigenvalue weighted by Crippen LogP contribution is 2.61. The minimum Gasteiger partial charge on any atom is -0.416 e. The van der Waals surface area contributed by atoms with E-state index in [0.29, 0.717) is 41.4 Å². The zero-order valence-corrected chi connectivity index (χ0v) is 15.5. The molecular weight excluding hydrogens is 355 g/mol. The second kappa shape index (κ2) is 8.39. The Hall–Kier alpha value is -0.740. The van der Waals surface area contributed by atoms with Gasteiger partial charge in [0.15, 0.2) is 5.78 Å². The molecule has 0 amide bonds. The summed E-state index contributed by atoms with van der Waals surface area (Å²) >= 11 is 7.29. The molecule has 0 spiro atoms. The van der Waals surface area contributed by atoms with E-state index in [1.165, 1.54) is 0 Å². The van der Waals surface area contributed by atoms with Crippen LogP contribution in [0, 0.1) is 0 Å². The number of ketones is 1. The zero-order valence-electron chi connectivity index (χ0n) is 13.0. The zero-order chi connectivity index (χ0) is 16.9. The second-order valence-electron chi connectivity index (χ2n) is 5.10. The summed E-state index contributed by atoms with van der Waals surface area (Å²) in [6.07, 6.45) is 4.11. The highest BCUT2D eigenvalue weighted by molar-refractivity contribution is 8.55. The van der Waals surface area contributed by atoms with Crippen LogP contribution in [0.25, 0.3) is 0 Å². The first-order valence-electron chi connectivity index (χ1n) is 7.55. The van der Waals surface area contributed by atoms with Crippen molar-refractivity contribution in [1.29, 1.82) is 0 Å². The summed E-state index contributed by atoms with van der Waals surface area (Å²) in [6.45, 7) is 2.48. The fraction of sp³-hybridized carbons (Fsp3) is 0.438. The van der Waals surface area contributed by atoms with Crippen molar-refractivity contribution in [1.82, 2.24) is 0 Å². The summed E-state index contributed by atoms with van der Waals surface area (Å²) in [6, 6.07) is 3.27. The van der Waals surface area contributed by atoms with Gasteiger partial charge in [-0.15, -0.1) is 6.58 Å². The molecule has 1 aromatic carbocycles. The smallest absolute Gasteiger partial charge is 0.416 e.